The Kier molecular flexibility index (Phi) is 6.57. The molecule has 0 radical (unpaired) electrons. The quantitative estimate of drug-likeness (QED) is 0.754. The minimum Gasteiger partial charge on any atom is -0.334 e. The van der Waals surface area contributed by atoms with E-state index in [1.54, 1.807) is 0 Å². The van der Waals surface area contributed by atoms with Gasteiger partial charge in [-0.15, -0.1) is 11.8 Å². The van der Waals surface area contributed by atoms with Crippen LogP contribution in [0, 0.1) is 0 Å². The molecule has 156 valence electrons. The molecule has 2 aliphatic heterocycles. The third kappa shape index (κ3) is 4.52. The number of imidazole rings is 1. The van der Waals surface area contributed by atoms with E-state index in [-0.39, 0.29) is 11.9 Å². The van der Waals surface area contributed by atoms with Gasteiger partial charge < -0.3 is 9.47 Å². The summed E-state index contributed by atoms with van der Waals surface area (Å²) in [5.41, 5.74) is 1.07. The zero-order valence-corrected chi connectivity index (χ0v) is 18.3. The highest BCUT2D eigenvalue weighted by Crippen LogP contribution is 2.34. The molecule has 2 aromatic rings. The molecule has 3 heterocycles. The Morgan fingerprint density at radius 1 is 1.17 bits per heavy atom. The largest absolute Gasteiger partial charge is 0.334 e. The lowest BCUT2D eigenvalue weighted by Crippen LogP contribution is -2.49. The highest BCUT2D eigenvalue weighted by molar-refractivity contribution is 7.99. The van der Waals surface area contributed by atoms with Crippen molar-refractivity contribution in [3.63, 3.8) is 0 Å². The van der Waals surface area contributed by atoms with E-state index in [1.807, 2.05) is 28.9 Å². The van der Waals surface area contributed by atoms with E-state index in [0.717, 1.165) is 69.5 Å². The predicted molar refractivity (Wildman–Crippen MR) is 118 cm³/mol. The maximum atomic E-state index is 13.3. The van der Waals surface area contributed by atoms with Crippen LogP contribution in [-0.2, 0) is 17.9 Å². The van der Waals surface area contributed by atoms with Crippen LogP contribution < -0.4 is 4.90 Å². The summed E-state index contributed by atoms with van der Waals surface area (Å²) >= 11 is 1.84. The molecular weight excluding hydrogens is 382 g/mol. The molecule has 1 unspecified atom stereocenters. The molecule has 2 aliphatic rings. The van der Waals surface area contributed by atoms with E-state index in [0.29, 0.717) is 0 Å². The first kappa shape index (κ1) is 20.4. The number of rotatable bonds is 5. The van der Waals surface area contributed by atoms with Crippen LogP contribution in [0.1, 0.15) is 26.1 Å². The van der Waals surface area contributed by atoms with E-state index in [2.05, 4.69) is 57.6 Å². The van der Waals surface area contributed by atoms with Crippen molar-refractivity contribution in [3.05, 3.63) is 42.5 Å². The normalized spacial score (nSPS) is 19.6. The van der Waals surface area contributed by atoms with Gasteiger partial charge in [-0.1, -0.05) is 12.1 Å². The third-order valence-corrected chi connectivity index (χ3v) is 7.07. The first-order chi connectivity index (χ1) is 14.2. The summed E-state index contributed by atoms with van der Waals surface area (Å²) in [6, 6.07) is 8.18. The monoisotopic (exact) mass is 413 g/mol. The van der Waals surface area contributed by atoms with Gasteiger partial charge in [-0.25, -0.2) is 4.98 Å². The highest BCUT2D eigenvalue weighted by Gasteiger charge is 2.30. The summed E-state index contributed by atoms with van der Waals surface area (Å²) in [4.78, 5) is 25.9. The van der Waals surface area contributed by atoms with Gasteiger partial charge in [0, 0.05) is 55.8 Å². The molecule has 4 rings (SSSR count). The molecule has 1 saturated heterocycles. The van der Waals surface area contributed by atoms with Crippen LogP contribution in [0.5, 0.6) is 0 Å². The molecule has 1 fully saturated rings. The van der Waals surface area contributed by atoms with Gasteiger partial charge >= 0.3 is 0 Å². The summed E-state index contributed by atoms with van der Waals surface area (Å²) < 4.78 is 2.21. The lowest BCUT2D eigenvalue weighted by Gasteiger charge is -2.35. The van der Waals surface area contributed by atoms with Crippen LogP contribution in [0.4, 0.5) is 5.69 Å². The molecule has 7 heteroatoms. The van der Waals surface area contributed by atoms with Gasteiger partial charge in [-0.3, -0.25) is 14.6 Å². The number of carbonyl (C=O) groups excluding carboxylic acids is 1. The van der Waals surface area contributed by atoms with Crippen LogP contribution in [0.3, 0.4) is 0 Å². The van der Waals surface area contributed by atoms with E-state index >= 15 is 0 Å². The van der Waals surface area contributed by atoms with Gasteiger partial charge in [0.15, 0.2) is 0 Å². The van der Waals surface area contributed by atoms with Crippen LogP contribution in [-0.4, -0.2) is 69.8 Å². The summed E-state index contributed by atoms with van der Waals surface area (Å²) in [7, 11) is 0. The Balaban J connectivity index is 1.38. The molecule has 1 aromatic heterocycles. The zero-order valence-electron chi connectivity index (χ0n) is 17.5. The summed E-state index contributed by atoms with van der Waals surface area (Å²) in [5.74, 6) is 2.33. The number of thioether (sulfide) groups is 1. The smallest absolute Gasteiger partial charge is 0.244 e. The van der Waals surface area contributed by atoms with Crippen molar-refractivity contribution in [1.82, 2.24) is 19.4 Å². The van der Waals surface area contributed by atoms with Gasteiger partial charge in [-0.2, -0.15) is 0 Å². The average Bonchev–Trinajstić information content (AvgIpc) is 3.08. The van der Waals surface area contributed by atoms with E-state index in [4.69, 9.17) is 0 Å². The second-order valence-electron chi connectivity index (χ2n) is 7.78. The third-order valence-electron chi connectivity index (χ3n) is 6.03. The fraction of sp³-hybridized carbons (Fsp3) is 0.545. The van der Waals surface area contributed by atoms with Crippen molar-refractivity contribution in [2.75, 3.05) is 43.4 Å². The average molecular weight is 414 g/mol. The highest BCUT2D eigenvalue weighted by atomic mass is 32.2. The fourth-order valence-corrected chi connectivity index (χ4v) is 5.29. The Morgan fingerprint density at radius 3 is 2.90 bits per heavy atom. The Morgan fingerprint density at radius 2 is 2.03 bits per heavy atom. The molecule has 29 heavy (non-hydrogen) atoms. The van der Waals surface area contributed by atoms with Crippen molar-refractivity contribution in [2.24, 2.45) is 0 Å². The van der Waals surface area contributed by atoms with Gasteiger partial charge in [-0.05, 0) is 38.9 Å². The predicted octanol–water partition coefficient (Wildman–Crippen LogP) is 2.94. The van der Waals surface area contributed by atoms with Gasteiger partial charge in [0.25, 0.3) is 0 Å². The maximum Gasteiger partial charge on any atom is 0.244 e. The number of hydrogen-bond donors (Lipinski definition) is 0. The number of fused-ring (bicyclic) bond motifs is 1. The lowest BCUT2D eigenvalue weighted by atomic mass is 10.2. The van der Waals surface area contributed by atoms with Crippen molar-refractivity contribution in [1.29, 1.82) is 0 Å². The number of amides is 1. The first-order valence-electron chi connectivity index (χ1n) is 10.7. The number of aromatic nitrogens is 2. The summed E-state index contributed by atoms with van der Waals surface area (Å²) in [5, 5.41) is 0. The number of anilines is 1. The number of aryl methyl sites for hydroxylation is 1. The van der Waals surface area contributed by atoms with Crippen LogP contribution in [0.2, 0.25) is 0 Å². The van der Waals surface area contributed by atoms with Crippen molar-refractivity contribution < 1.29 is 4.79 Å². The molecule has 6 nitrogen and oxygen atoms in total. The van der Waals surface area contributed by atoms with Gasteiger partial charge in [0.05, 0.1) is 18.3 Å². The molecule has 0 bridgehead atoms. The second kappa shape index (κ2) is 9.32. The minimum atomic E-state index is -0.0938. The topological polar surface area (TPSA) is 44.6 Å². The molecule has 1 amide bonds. The van der Waals surface area contributed by atoms with E-state index in [9.17, 15) is 4.79 Å². The summed E-state index contributed by atoms with van der Waals surface area (Å²) in [6.45, 7) is 10.8. The van der Waals surface area contributed by atoms with Crippen LogP contribution >= 0.6 is 11.8 Å². The maximum absolute atomic E-state index is 13.3. The molecule has 0 saturated carbocycles. The number of nitrogens with zero attached hydrogens (tertiary/aromatic N) is 5. The van der Waals surface area contributed by atoms with Gasteiger partial charge in [0.1, 0.15) is 5.82 Å². The molecular formula is C22H31N5OS. The lowest BCUT2D eigenvalue weighted by molar-refractivity contribution is -0.123. The molecule has 0 N–H and O–H groups in total. The standard InChI is InChI=1S/C22H31N5OS/c1-3-25-12-9-23-21(25)17-24-10-6-11-26(14-13-24)18(2)22(28)27-15-16-29-20-8-5-4-7-19(20)27/h4-5,7-9,12,18H,3,6,10-11,13-17H2,1-2H3. The van der Waals surface area contributed by atoms with Gasteiger partial charge in [0.2, 0.25) is 5.91 Å². The van der Waals surface area contributed by atoms with Crippen molar-refractivity contribution >= 4 is 23.4 Å². The molecule has 1 aromatic carbocycles. The Bertz CT molecular complexity index is 838. The molecule has 0 spiro atoms. The Labute approximate surface area is 177 Å². The van der Waals surface area contributed by atoms with Crippen molar-refractivity contribution in [2.45, 2.75) is 44.3 Å². The van der Waals surface area contributed by atoms with E-state index in [1.165, 1.54) is 4.90 Å². The first-order valence-corrected chi connectivity index (χ1v) is 11.7. The second-order valence-corrected chi connectivity index (χ2v) is 8.91. The SMILES string of the molecule is CCn1ccnc1CN1CCCN(C(C)C(=O)N2CCSc3ccccc32)CC1. The number of carbonyl (C=O) groups is 1. The van der Waals surface area contributed by atoms with E-state index < -0.39 is 0 Å². The number of para-hydroxylation sites is 1. The van der Waals surface area contributed by atoms with Crippen molar-refractivity contribution in [3.8, 4) is 0 Å². The number of benzene rings is 1. The zero-order chi connectivity index (χ0) is 20.2. The van der Waals surface area contributed by atoms with Crippen LogP contribution in [0.15, 0.2) is 41.6 Å². The minimum absolute atomic E-state index is 0.0938. The number of hydrogen-bond acceptors (Lipinski definition) is 5. The molecule has 1 atom stereocenters. The summed E-state index contributed by atoms with van der Waals surface area (Å²) in [6.07, 6.45) is 5.02. The molecule has 0 aliphatic carbocycles. The Hall–Kier alpha value is -1.83. The van der Waals surface area contributed by atoms with Crippen LogP contribution in [0.25, 0.3) is 0 Å². The fourth-order valence-electron chi connectivity index (χ4n) is 4.30.